The quantitative estimate of drug-likeness (QED) is 0.419. The van der Waals surface area contributed by atoms with E-state index in [9.17, 15) is 0 Å². The molecule has 42 valence electrons. The summed E-state index contributed by atoms with van der Waals surface area (Å²) in [5, 5.41) is 14.8. The predicted octanol–water partition coefficient (Wildman–Crippen LogP) is -0.844. The van der Waals surface area contributed by atoms with Gasteiger partial charge >= 0.3 is 11.9 Å². The van der Waals surface area contributed by atoms with E-state index in [1.165, 1.54) is 0 Å². The number of aliphatic carboxylic acids is 2. The number of hydrogen-bond acceptors (Lipinski definition) is 2. The molecule has 0 atom stereocenters. The standard InChI is InChI=1S/C2H2O4.Ar/c3-1(4)2(5)6;/h(H,3,4)(H,5,6);. The van der Waals surface area contributed by atoms with Crippen LogP contribution >= 0.6 is 0 Å². The van der Waals surface area contributed by atoms with Gasteiger partial charge in [-0.25, -0.2) is 9.59 Å². The third-order valence-corrected chi connectivity index (χ3v) is 0.183. The van der Waals surface area contributed by atoms with Crippen LogP contribution in [0.4, 0.5) is 0 Å². The summed E-state index contributed by atoms with van der Waals surface area (Å²) >= 11 is 0. The van der Waals surface area contributed by atoms with Crippen LogP contribution in [-0.4, -0.2) is 22.2 Å². The average molecular weight is 130 g/mol. The van der Waals surface area contributed by atoms with Gasteiger partial charge in [-0.05, 0) is 0 Å². The first-order valence-corrected chi connectivity index (χ1v) is 1.11. The molecule has 0 unspecified atom stereocenters. The first kappa shape index (κ1) is 10.2. The molecule has 0 spiro atoms. The summed E-state index contributed by atoms with van der Waals surface area (Å²) in [5.74, 6) is -3.65. The summed E-state index contributed by atoms with van der Waals surface area (Å²) < 4.78 is 0. The van der Waals surface area contributed by atoms with Crippen LogP contribution in [0.3, 0.4) is 0 Å². The molecule has 0 fully saturated rings. The number of carboxylic acids is 2. The maximum atomic E-state index is 9.10. The van der Waals surface area contributed by atoms with Gasteiger partial charge in [-0.2, -0.15) is 0 Å². The SMILES string of the molecule is O=C(O)C(=O)O.[Ar]. The third kappa shape index (κ3) is 6.20. The van der Waals surface area contributed by atoms with E-state index in [-0.39, 0.29) is 37.7 Å². The van der Waals surface area contributed by atoms with Crippen LogP contribution in [0.1, 0.15) is 0 Å². The smallest absolute Gasteiger partial charge is 0.414 e. The van der Waals surface area contributed by atoms with Crippen molar-refractivity contribution in [1.82, 2.24) is 0 Å². The topological polar surface area (TPSA) is 74.6 Å². The van der Waals surface area contributed by atoms with Crippen LogP contribution in [0.5, 0.6) is 0 Å². The minimum absolute atomic E-state index is 0. The third-order valence-electron chi connectivity index (χ3n) is 0.183. The Morgan fingerprint density at radius 3 is 1.14 bits per heavy atom. The minimum atomic E-state index is -1.82. The van der Waals surface area contributed by atoms with Crippen molar-refractivity contribution in [3.8, 4) is 0 Å². The first-order chi connectivity index (χ1) is 2.64. The maximum absolute atomic E-state index is 9.10. The zero-order chi connectivity index (χ0) is 5.15. The Kier molecular flexibility index (Phi) is 6.38. The summed E-state index contributed by atoms with van der Waals surface area (Å²) in [5.41, 5.74) is 0. The van der Waals surface area contributed by atoms with Gasteiger partial charge < -0.3 is 10.2 Å². The summed E-state index contributed by atoms with van der Waals surface area (Å²) in [6, 6.07) is 0. The van der Waals surface area contributed by atoms with Crippen molar-refractivity contribution < 1.29 is 57.5 Å². The second-order valence-corrected chi connectivity index (χ2v) is 0.610. The molecule has 0 rings (SSSR count). The molecule has 0 saturated carbocycles. The molecule has 0 aromatic heterocycles. The molecule has 4 nitrogen and oxygen atoms in total. The van der Waals surface area contributed by atoms with Crippen molar-refractivity contribution in [2.75, 3.05) is 0 Å². The van der Waals surface area contributed by atoms with Crippen LogP contribution in [0.15, 0.2) is 0 Å². The number of carboxylic acid groups (broad SMARTS) is 2. The predicted molar refractivity (Wildman–Crippen MR) is 15.3 cm³/mol. The zero-order valence-corrected chi connectivity index (χ0v) is 3.77. The molecular weight excluding hydrogens is 128 g/mol. The monoisotopic (exact) mass is 130 g/mol. The second kappa shape index (κ2) is 4.36. The molecule has 5 heteroatoms. The molecule has 0 aliphatic rings. The molecular formula is C2H2ArO4. The second-order valence-electron chi connectivity index (χ2n) is 0.610. The molecule has 0 heterocycles. The van der Waals surface area contributed by atoms with Gasteiger partial charge in [0.15, 0.2) is 0 Å². The number of hydrogen-bond donors (Lipinski definition) is 2. The van der Waals surface area contributed by atoms with E-state index in [2.05, 4.69) is 0 Å². The Bertz CT molecular complexity index is 75.7. The van der Waals surface area contributed by atoms with Crippen molar-refractivity contribution in [1.29, 1.82) is 0 Å². The number of rotatable bonds is 0. The molecule has 0 saturated heterocycles. The summed E-state index contributed by atoms with van der Waals surface area (Å²) in [4.78, 5) is 18.2. The van der Waals surface area contributed by atoms with Gasteiger partial charge in [0, 0.05) is 37.7 Å². The summed E-state index contributed by atoms with van der Waals surface area (Å²) in [6.45, 7) is 0. The van der Waals surface area contributed by atoms with Gasteiger partial charge in [-0.3, -0.25) is 0 Å². The van der Waals surface area contributed by atoms with Crippen molar-refractivity contribution >= 4 is 11.9 Å². The molecule has 0 aliphatic heterocycles. The van der Waals surface area contributed by atoms with Gasteiger partial charge in [0.1, 0.15) is 0 Å². The van der Waals surface area contributed by atoms with Crippen molar-refractivity contribution in [2.45, 2.75) is 0 Å². The van der Waals surface area contributed by atoms with E-state index in [4.69, 9.17) is 19.8 Å². The van der Waals surface area contributed by atoms with E-state index >= 15 is 0 Å². The van der Waals surface area contributed by atoms with Crippen molar-refractivity contribution in [2.24, 2.45) is 0 Å². The Morgan fingerprint density at radius 1 is 1.00 bits per heavy atom. The largest absolute Gasteiger partial charge is 0.473 e. The molecule has 0 amide bonds. The van der Waals surface area contributed by atoms with Gasteiger partial charge in [0.2, 0.25) is 0 Å². The fourth-order valence-corrected chi connectivity index (χ4v) is 0. The van der Waals surface area contributed by atoms with Gasteiger partial charge in [-0.1, -0.05) is 0 Å². The molecule has 0 aromatic carbocycles. The molecule has 2 N–H and O–H groups in total. The zero-order valence-electron chi connectivity index (χ0n) is 3.06. The summed E-state index contributed by atoms with van der Waals surface area (Å²) in [7, 11) is 0. The molecule has 0 bridgehead atoms. The molecule has 7 heavy (non-hydrogen) atoms. The van der Waals surface area contributed by atoms with Crippen LogP contribution in [-0.2, 0) is 9.59 Å². The summed E-state index contributed by atoms with van der Waals surface area (Å²) in [6.07, 6.45) is 0. The Morgan fingerprint density at radius 2 is 1.14 bits per heavy atom. The molecule has 0 radical (unpaired) electrons. The fourth-order valence-electron chi connectivity index (χ4n) is 0. The minimum Gasteiger partial charge on any atom is -0.473 e. The van der Waals surface area contributed by atoms with Gasteiger partial charge in [-0.15, -0.1) is 0 Å². The Balaban J connectivity index is 0. The Labute approximate surface area is 69.1 Å². The van der Waals surface area contributed by atoms with Gasteiger partial charge in [0.25, 0.3) is 0 Å². The van der Waals surface area contributed by atoms with Crippen LogP contribution in [0.25, 0.3) is 0 Å². The normalized spacial score (nSPS) is 6.29. The van der Waals surface area contributed by atoms with E-state index in [0.717, 1.165) is 0 Å². The van der Waals surface area contributed by atoms with Gasteiger partial charge in [0.05, 0.1) is 0 Å². The van der Waals surface area contributed by atoms with Crippen molar-refractivity contribution in [3.63, 3.8) is 0 Å². The van der Waals surface area contributed by atoms with Crippen LogP contribution in [0.2, 0.25) is 0 Å². The van der Waals surface area contributed by atoms with E-state index < -0.39 is 11.9 Å². The van der Waals surface area contributed by atoms with E-state index in [0.29, 0.717) is 0 Å². The van der Waals surface area contributed by atoms with E-state index in [1.54, 1.807) is 0 Å². The first-order valence-electron chi connectivity index (χ1n) is 1.11. The Hall–Kier alpha value is 0.200. The average Bonchev–Trinajstić information content (AvgIpc) is 1.36. The molecule has 0 aromatic rings. The molecule has 0 aliphatic carbocycles. The fraction of sp³-hybridized carbons (Fsp3) is 0. The maximum Gasteiger partial charge on any atom is 0.414 e. The van der Waals surface area contributed by atoms with E-state index in [1.807, 2.05) is 0 Å². The van der Waals surface area contributed by atoms with Crippen LogP contribution in [0, 0.1) is 37.7 Å². The number of carbonyl (C=O) groups is 2. The van der Waals surface area contributed by atoms with Crippen LogP contribution < -0.4 is 0 Å². The van der Waals surface area contributed by atoms with Crippen molar-refractivity contribution in [3.05, 3.63) is 0 Å².